The number of likely N-dealkylation sites (tertiary alicyclic amines) is 1. The molecule has 3 rings (SSSR count). The number of Topliss-reactive ketones (excluding diaryl/α,β-unsaturated/α-hetero) is 1. The molecule has 0 radical (unpaired) electrons. The number of benzene rings is 1. The molecular weight excluding hydrogens is 458 g/mol. The van der Waals surface area contributed by atoms with E-state index in [1.165, 1.54) is 9.80 Å². The Bertz CT molecular complexity index is 1130. The van der Waals surface area contributed by atoms with E-state index in [2.05, 4.69) is 4.98 Å². The van der Waals surface area contributed by atoms with Crippen molar-refractivity contribution in [1.29, 1.82) is 0 Å². The van der Waals surface area contributed by atoms with Crippen molar-refractivity contribution in [3.05, 3.63) is 62.9 Å². The second-order valence-corrected chi connectivity index (χ2v) is 9.12. The Balaban J connectivity index is 2.15. The molecule has 2 aromatic rings. The average Bonchev–Trinajstić information content (AvgIpc) is 3.21. The molecule has 9 heteroatoms. The Hall–Kier alpha value is -3.10. The van der Waals surface area contributed by atoms with Gasteiger partial charge in [-0.1, -0.05) is 29.5 Å². The van der Waals surface area contributed by atoms with Crippen molar-refractivity contribution in [2.24, 2.45) is 0 Å². The monoisotopic (exact) mass is 487 g/mol. The molecule has 2 N–H and O–H groups in total. The number of aryl methyl sites for hydroxylation is 1. The second kappa shape index (κ2) is 10.4. The summed E-state index contributed by atoms with van der Waals surface area (Å²) in [5, 5.41) is 14.3. The number of rotatable bonds is 8. The first-order chi connectivity index (χ1) is 16.1. The van der Waals surface area contributed by atoms with E-state index in [0.717, 1.165) is 6.54 Å². The predicted octanol–water partition coefficient (Wildman–Crippen LogP) is 1.22. The largest absolute Gasteiger partial charge is 0.872 e. The molecule has 1 aromatic heterocycles. The Morgan fingerprint density at radius 1 is 1.21 bits per heavy atom. The van der Waals surface area contributed by atoms with Gasteiger partial charge in [-0.15, -0.1) is 0 Å². The van der Waals surface area contributed by atoms with Gasteiger partial charge < -0.3 is 24.6 Å². The number of esters is 1. The average molecular weight is 488 g/mol. The third-order valence-electron chi connectivity index (χ3n) is 5.94. The number of quaternary nitrogens is 1. The molecule has 182 valence electrons. The maximum atomic E-state index is 13.8. The molecular formula is C25H30ClN3O5. The lowest BCUT2D eigenvalue weighted by atomic mass is 9.94. The fourth-order valence-corrected chi connectivity index (χ4v) is 4.45. The Morgan fingerprint density at radius 3 is 2.44 bits per heavy atom. The molecule has 1 amide bonds. The number of H-pyrrole nitrogens is 1. The van der Waals surface area contributed by atoms with Gasteiger partial charge in [0.15, 0.2) is 0 Å². The van der Waals surface area contributed by atoms with Gasteiger partial charge in [-0.3, -0.25) is 9.59 Å². The number of carbonyl (C=O) groups is 3. The highest BCUT2D eigenvalue weighted by Crippen LogP contribution is 2.40. The highest BCUT2D eigenvalue weighted by atomic mass is 35.5. The molecule has 1 saturated heterocycles. The summed E-state index contributed by atoms with van der Waals surface area (Å²) in [6.07, 6.45) is 0.669. The fourth-order valence-electron chi connectivity index (χ4n) is 4.33. The van der Waals surface area contributed by atoms with Crippen molar-refractivity contribution in [1.82, 2.24) is 9.88 Å². The van der Waals surface area contributed by atoms with Crippen LogP contribution in [0.15, 0.2) is 29.8 Å². The summed E-state index contributed by atoms with van der Waals surface area (Å²) >= 11 is 6.05. The SMILES string of the molecule is CCOC(=O)c1[nH]c(C)c(C([O-])=C2C(=O)C(=O)N(CCC[NH+](C)C)C2c2ccc(Cl)cc2)c1C. The van der Waals surface area contributed by atoms with E-state index >= 15 is 0 Å². The summed E-state index contributed by atoms with van der Waals surface area (Å²) in [5.41, 5.74) is 1.69. The first-order valence-electron chi connectivity index (χ1n) is 11.3. The lowest BCUT2D eigenvalue weighted by molar-refractivity contribution is -0.858. The van der Waals surface area contributed by atoms with Gasteiger partial charge in [0.1, 0.15) is 5.69 Å². The van der Waals surface area contributed by atoms with Crippen LogP contribution in [-0.2, 0) is 14.3 Å². The molecule has 0 bridgehead atoms. The van der Waals surface area contributed by atoms with E-state index in [4.69, 9.17) is 16.3 Å². The maximum absolute atomic E-state index is 13.8. The topological polar surface area (TPSA) is 107 Å². The van der Waals surface area contributed by atoms with Crippen molar-refractivity contribution in [3.8, 4) is 0 Å². The van der Waals surface area contributed by atoms with Crippen LogP contribution in [0.3, 0.4) is 0 Å². The van der Waals surface area contributed by atoms with Crippen LogP contribution in [0.25, 0.3) is 5.76 Å². The van der Waals surface area contributed by atoms with Crippen molar-refractivity contribution in [3.63, 3.8) is 0 Å². The minimum absolute atomic E-state index is 0.120. The Kier molecular flexibility index (Phi) is 7.84. The molecule has 34 heavy (non-hydrogen) atoms. The van der Waals surface area contributed by atoms with Crippen molar-refractivity contribution < 1.29 is 29.1 Å². The summed E-state index contributed by atoms with van der Waals surface area (Å²) in [6.45, 7) is 6.29. The zero-order valence-electron chi connectivity index (χ0n) is 20.1. The van der Waals surface area contributed by atoms with E-state index in [0.29, 0.717) is 34.8 Å². The number of amides is 1. The quantitative estimate of drug-likeness (QED) is 0.252. The summed E-state index contributed by atoms with van der Waals surface area (Å²) in [7, 11) is 4.01. The summed E-state index contributed by atoms with van der Waals surface area (Å²) in [6, 6.07) is 5.94. The highest BCUT2D eigenvalue weighted by molar-refractivity contribution is 6.46. The zero-order chi connectivity index (χ0) is 25.2. The van der Waals surface area contributed by atoms with E-state index in [1.54, 1.807) is 45.0 Å². The van der Waals surface area contributed by atoms with Crippen LogP contribution in [0.4, 0.5) is 0 Å². The van der Waals surface area contributed by atoms with Crippen LogP contribution in [0, 0.1) is 13.8 Å². The molecule has 0 aliphatic carbocycles. The van der Waals surface area contributed by atoms with E-state index in [9.17, 15) is 19.5 Å². The summed E-state index contributed by atoms with van der Waals surface area (Å²) in [4.78, 5) is 44.1. The molecule has 0 saturated carbocycles. The van der Waals surface area contributed by atoms with Gasteiger partial charge >= 0.3 is 5.97 Å². The normalized spacial score (nSPS) is 17.6. The number of carbonyl (C=O) groups excluding carboxylic acids is 3. The Morgan fingerprint density at radius 2 is 1.85 bits per heavy atom. The predicted molar refractivity (Wildman–Crippen MR) is 126 cm³/mol. The standard InChI is InChI=1S/C25H30ClN3O5/c1-6-34-25(33)20-14(2)18(15(3)27-20)22(30)19-21(16-8-10-17(26)11-9-16)29(24(32)23(19)31)13-7-12-28(4)5/h8-11,21,27,30H,6-7,12-13H2,1-5H3. The smallest absolute Gasteiger partial charge is 0.355 e. The van der Waals surface area contributed by atoms with Crippen molar-refractivity contribution >= 4 is 35.0 Å². The van der Waals surface area contributed by atoms with Crippen LogP contribution in [-0.4, -0.2) is 61.3 Å². The second-order valence-electron chi connectivity index (χ2n) is 8.68. The number of aromatic amines is 1. The summed E-state index contributed by atoms with van der Waals surface area (Å²) < 4.78 is 5.07. The Labute approximate surface area is 204 Å². The minimum Gasteiger partial charge on any atom is -0.872 e. The number of hydrogen-bond donors (Lipinski definition) is 2. The molecule has 8 nitrogen and oxygen atoms in total. The zero-order valence-corrected chi connectivity index (χ0v) is 20.8. The molecule has 1 atom stereocenters. The fraction of sp³-hybridized carbons (Fsp3) is 0.400. The van der Waals surface area contributed by atoms with Crippen LogP contribution in [0.1, 0.15) is 52.3 Å². The number of nitrogens with one attached hydrogen (secondary N) is 2. The van der Waals surface area contributed by atoms with E-state index < -0.39 is 29.5 Å². The first-order valence-corrected chi connectivity index (χ1v) is 11.6. The van der Waals surface area contributed by atoms with Crippen LogP contribution in [0.5, 0.6) is 0 Å². The first kappa shape index (κ1) is 25.5. The molecule has 1 aromatic carbocycles. The van der Waals surface area contributed by atoms with Crippen molar-refractivity contribution in [2.75, 3.05) is 33.8 Å². The number of aromatic nitrogens is 1. The molecule has 2 heterocycles. The van der Waals surface area contributed by atoms with Gasteiger partial charge in [0.2, 0.25) is 5.78 Å². The van der Waals surface area contributed by atoms with Gasteiger partial charge in [0.05, 0.1) is 33.3 Å². The van der Waals surface area contributed by atoms with Gasteiger partial charge in [0.25, 0.3) is 5.91 Å². The van der Waals surface area contributed by atoms with Gasteiger partial charge in [-0.25, -0.2) is 4.79 Å². The van der Waals surface area contributed by atoms with Crippen LogP contribution < -0.4 is 10.0 Å². The minimum atomic E-state index is -0.832. The van der Waals surface area contributed by atoms with Crippen LogP contribution in [0.2, 0.25) is 5.02 Å². The molecule has 1 aliphatic rings. The van der Waals surface area contributed by atoms with Crippen molar-refractivity contribution in [2.45, 2.75) is 33.2 Å². The number of hydrogen-bond acceptors (Lipinski definition) is 5. The van der Waals surface area contributed by atoms with Crippen LogP contribution >= 0.6 is 11.6 Å². The molecule has 0 spiro atoms. The third kappa shape index (κ3) is 4.88. The van der Waals surface area contributed by atoms with Gasteiger partial charge in [-0.2, -0.15) is 0 Å². The molecule has 1 fully saturated rings. The number of ether oxygens (including phenoxy) is 1. The lowest BCUT2D eigenvalue weighted by Gasteiger charge is -2.28. The number of ketones is 1. The van der Waals surface area contributed by atoms with E-state index in [-0.39, 0.29) is 23.4 Å². The lowest BCUT2D eigenvalue weighted by Crippen LogP contribution is -3.05. The number of nitrogens with zero attached hydrogens (tertiary/aromatic N) is 1. The van der Waals surface area contributed by atoms with E-state index in [1.807, 2.05) is 14.1 Å². The third-order valence-corrected chi connectivity index (χ3v) is 6.19. The maximum Gasteiger partial charge on any atom is 0.355 e. The number of halogens is 1. The summed E-state index contributed by atoms with van der Waals surface area (Å²) in [5.74, 6) is -2.67. The van der Waals surface area contributed by atoms with Gasteiger partial charge in [0, 0.05) is 29.3 Å². The highest BCUT2D eigenvalue weighted by Gasteiger charge is 2.44. The molecule has 1 unspecified atom stereocenters. The molecule has 1 aliphatic heterocycles. The van der Waals surface area contributed by atoms with Gasteiger partial charge in [-0.05, 0) is 49.6 Å².